The maximum atomic E-state index is 12.0. The number of hydrogen-bond donors (Lipinski definition) is 2. The summed E-state index contributed by atoms with van der Waals surface area (Å²) in [5.74, 6) is -2.18. The molecule has 0 saturated carbocycles. The van der Waals surface area contributed by atoms with E-state index in [0.717, 1.165) is 12.5 Å². The van der Waals surface area contributed by atoms with Crippen molar-refractivity contribution in [3.63, 3.8) is 0 Å². The van der Waals surface area contributed by atoms with Gasteiger partial charge in [-0.1, -0.05) is 30.3 Å². The van der Waals surface area contributed by atoms with Crippen LogP contribution in [0.1, 0.15) is 33.3 Å². The lowest BCUT2D eigenvalue weighted by Crippen LogP contribution is -2.52. The third-order valence-electron chi connectivity index (χ3n) is 3.01. The summed E-state index contributed by atoms with van der Waals surface area (Å²) >= 11 is 0. The fourth-order valence-corrected chi connectivity index (χ4v) is 2.03. The molecule has 1 aromatic rings. The molecule has 1 rings (SSSR count). The highest BCUT2D eigenvalue weighted by Gasteiger charge is 2.34. The number of nitrogens with one attached hydrogen (secondary N) is 1. The number of carboxylic acid groups (broad SMARTS) is 1. The molecule has 144 valence electrons. The van der Waals surface area contributed by atoms with Gasteiger partial charge in [0.05, 0.1) is 13.2 Å². The largest absolute Gasteiger partial charge is 0.478 e. The average Bonchev–Trinajstić information content (AvgIpc) is 2.50. The van der Waals surface area contributed by atoms with E-state index in [2.05, 4.69) is 5.32 Å². The van der Waals surface area contributed by atoms with Crippen LogP contribution in [-0.2, 0) is 30.4 Å². The third-order valence-corrected chi connectivity index (χ3v) is 3.01. The Morgan fingerprint density at radius 3 is 2.27 bits per heavy atom. The van der Waals surface area contributed by atoms with Crippen LogP contribution in [0.25, 0.3) is 0 Å². The smallest absolute Gasteiger partial charge is 0.408 e. The Balaban J connectivity index is 2.80. The molecule has 2 N–H and O–H groups in total. The Bertz CT molecular complexity index is 610. The van der Waals surface area contributed by atoms with Crippen LogP contribution in [-0.4, -0.2) is 47.5 Å². The summed E-state index contributed by atoms with van der Waals surface area (Å²) in [5.41, 5.74) is 0.113. The zero-order valence-corrected chi connectivity index (χ0v) is 15.4. The van der Waals surface area contributed by atoms with Crippen molar-refractivity contribution < 1.29 is 33.7 Å². The van der Waals surface area contributed by atoms with Crippen LogP contribution >= 0.6 is 0 Å². The first-order chi connectivity index (χ1) is 12.1. The van der Waals surface area contributed by atoms with Gasteiger partial charge in [0.1, 0.15) is 11.6 Å². The highest BCUT2D eigenvalue weighted by molar-refractivity contribution is 5.79. The predicted molar refractivity (Wildman–Crippen MR) is 92.4 cm³/mol. The van der Waals surface area contributed by atoms with Crippen molar-refractivity contribution in [2.75, 3.05) is 6.61 Å². The number of esters is 1. The van der Waals surface area contributed by atoms with Crippen LogP contribution < -0.4 is 5.32 Å². The number of alkyl carbamates (subject to hydrolysis) is 1. The molecule has 2 atom stereocenters. The number of ether oxygens (including phenoxy) is 3. The number of carbonyl (C=O) groups excluding carboxylic acids is 2. The standard InChI is InChI=1S/C18H25NO7/c1-12(20)25-15(16(21)22)14(19-17(23)26-18(2,3)4)11-24-10-13-8-6-5-7-9-13/h5-9,14-15H,10-11H2,1-4H3,(H,19,23)(H,21,22)/t14-,15+/m1/s1. The van der Waals surface area contributed by atoms with E-state index < -0.39 is 35.8 Å². The summed E-state index contributed by atoms with van der Waals surface area (Å²) in [4.78, 5) is 34.6. The average molecular weight is 367 g/mol. The second-order valence-corrected chi connectivity index (χ2v) is 6.62. The Morgan fingerprint density at radius 2 is 1.77 bits per heavy atom. The van der Waals surface area contributed by atoms with E-state index in [0.29, 0.717) is 0 Å². The number of amides is 1. The van der Waals surface area contributed by atoms with Gasteiger partial charge < -0.3 is 24.6 Å². The molecule has 0 heterocycles. The van der Waals surface area contributed by atoms with Crippen molar-refractivity contribution >= 4 is 18.0 Å². The highest BCUT2D eigenvalue weighted by atomic mass is 16.6. The molecule has 1 amide bonds. The van der Waals surface area contributed by atoms with Crippen molar-refractivity contribution in [3.05, 3.63) is 35.9 Å². The van der Waals surface area contributed by atoms with E-state index in [1.165, 1.54) is 0 Å². The minimum Gasteiger partial charge on any atom is -0.478 e. The van der Waals surface area contributed by atoms with Gasteiger partial charge in [0, 0.05) is 6.92 Å². The molecule has 0 aliphatic rings. The van der Waals surface area contributed by atoms with Crippen LogP contribution in [0.4, 0.5) is 4.79 Å². The molecule has 8 nitrogen and oxygen atoms in total. The topological polar surface area (TPSA) is 111 Å². The summed E-state index contributed by atoms with van der Waals surface area (Å²) in [6.45, 7) is 6.14. The Kier molecular flexibility index (Phi) is 8.05. The van der Waals surface area contributed by atoms with Crippen molar-refractivity contribution in [2.24, 2.45) is 0 Å². The van der Waals surface area contributed by atoms with Crippen LogP contribution in [0.3, 0.4) is 0 Å². The summed E-state index contributed by atoms with van der Waals surface area (Å²) in [6.07, 6.45) is -2.43. The maximum Gasteiger partial charge on any atom is 0.408 e. The minimum absolute atomic E-state index is 0.182. The summed E-state index contributed by atoms with van der Waals surface area (Å²) < 4.78 is 15.4. The van der Waals surface area contributed by atoms with Gasteiger partial charge in [-0.3, -0.25) is 4.79 Å². The van der Waals surface area contributed by atoms with Crippen molar-refractivity contribution in [2.45, 2.75) is 52.0 Å². The highest BCUT2D eigenvalue weighted by Crippen LogP contribution is 2.10. The molecule has 0 aliphatic heterocycles. The number of carbonyl (C=O) groups is 3. The van der Waals surface area contributed by atoms with E-state index in [1.807, 2.05) is 30.3 Å². The number of hydrogen-bond acceptors (Lipinski definition) is 6. The van der Waals surface area contributed by atoms with Gasteiger partial charge in [0.15, 0.2) is 0 Å². The molecule has 1 aromatic carbocycles. The fraction of sp³-hybridized carbons (Fsp3) is 0.500. The van der Waals surface area contributed by atoms with Crippen LogP contribution in [0.2, 0.25) is 0 Å². The van der Waals surface area contributed by atoms with Crippen LogP contribution in [0, 0.1) is 0 Å². The first-order valence-corrected chi connectivity index (χ1v) is 8.09. The summed E-state index contributed by atoms with van der Waals surface area (Å²) in [6, 6.07) is 8.11. The third kappa shape index (κ3) is 8.48. The summed E-state index contributed by atoms with van der Waals surface area (Å²) in [7, 11) is 0. The molecule has 0 radical (unpaired) electrons. The predicted octanol–water partition coefficient (Wildman–Crippen LogP) is 2.11. The Hall–Kier alpha value is -2.61. The first-order valence-electron chi connectivity index (χ1n) is 8.09. The number of aliphatic carboxylic acids is 1. The molecule has 0 spiro atoms. The number of rotatable bonds is 8. The van der Waals surface area contributed by atoms with E-state index >= 15 is 0 Å². The van der Waals surface area contributed by atoms with Gasteiger partial charge in [-0.2, -0.15) is 0 Å². The van der Waals surface area contributed by atoms with Gasteiger partial charge in [-0.15, -0.1) is 0 Å². The lowest BCUT2D eigenvalue weighted by atomic mass is 10.1. The molecule has 0 saturated heterocycles. The van der Waals surface area contributed by atoms with Gasteiger partial charge in [0.25, 0.3) is 0 Å². The molecule has 0 aliphatic carbocycles. The van der Waals surface area contributed by atoms with Crippen molar-refractivity contribution in [1.82, 2.24) is 5.32 Å². The lowest BCUT2D eigenvalue weighted by molar-refractivity contribution is -0.165. The lowest BCUT2D eigenvalue weighted by Gasteiger charge is -2.26. The second-order valence-electron chi connectivity index (χ2n) is 6.62. The molecular weight excluding hydrogens is 342 g/mol. The minimum atomic E-state index is -1.60. The van der Waals surface area contributed by atoms with Crippen molar-refractivity contribution in [3.8, 4) is 0 Å². The number of carboxylic acids is 1. The fourth-order valence-electron chi connectivity index (χ4n) is 2.03. The van der Waals surface area contributed by atoms with Gasteiger partial charge in [0.2, 0.25) is 6.10 Å². The summed E-state index contributed by atoms with van der Waals surface area (Å²) in [5, 5.41) is 11.7. The molecule has 0 aromatic heterocycles. The molecule has 0 fully saturated rings. The van der Waals surface area contributed by atoms with Gasteiger partial charge in [-0.05, 0) is 26.3 Å². The van der Waals surface area contributed by atoms with Gasteiger partial charge in [-0.25, -0.2) is 9.59 Å². The zero-order chi connectivity index (χ0) is 19.7. The molecule has 0 bridgehead atoms. The Labute approximate surface area is 152 Å². The molecule has 0 unspecified atom stereocenters. The van der Waals surface area contributed by atoms with E-state index in [-0.39, 0.29) is 13.2 Å². The molecule has 8 heteroatoms. The van der Waals surface area contributed by atoms with E-state index in [9.17, 15) is 19.5 Å². The molecule has 26 heavy (non-hydrogen) atoms. The SMILES string of the molecule is CC(=O)O[C@H](C(=O)O)[C@@H](COCc1ccccc1)NC(=O)OC(C)(C)C. The van der Waals surface area contributed by atoms with Crippen molar-refractivity contribution in [1.29, 1.82) is 0 Å². The Morgan fingerprint density at radius 1 is 1.15 bits per heavy atom. The quantitative estimate of drug-likeness (QED) is 0.677. The molecular formula is C18H25NO7. The zero-order valence-electron chi connectivity index (χ0n) is 15.4. The number of benzene rings is 1. The van der Waals surface area contributed by atoms with E-state index in [1.54, 1.807) is 20.8 Å². The van der Waals surface area contributed by atoms with E-state index in [4.69, 9.17) is 14.2 Å². The van der Waals surface area contributed by atoms with Crippen LogP contribution in [0.5, 0.6) is 0 Å². The van der Waals surface area contributed by atoms with Crippen LogP contribution in [0.15, 0.2) is 30.3 Å². The van der Waals surface area contributed by atoms with Gasteiger partial charge >= 0.3 is 18.0 Å². The maximum absolute atomic E-state index is 12.0. The first kappa shape index (κ1) is 21.4. The monoisotopic (exact) mass is 367 g/mol. The normalized spacial score (nSPS) is 13.4. The second kappa shape index (κ2) is 9.76.